The van der Waals surface area contributed by atoms with Crippen LogP contribution in [0.25, 0.3) is 23.1 Å². The average molecular weight is 380 g/mol. The fourth-order valence-electron chi connectivity index (χ4n) is 3.31. The number of hydrogen-bond donors (Lipinski definition) is 2. The monoisotopic (exact) mass is 380 g/mol. The summed E-state index contributed by atoms with van der Waals surface area (Å²) in [5.41, 5.74) is 6.22. The number of anilines is 2. The molecule has 5 nitrogen and oxygen atoms in total. The molecule has 0 atom stereocenters. The van der Waals surface area contributed by atoms with Gasteiger partial charge in [-0.15, -0.1) is 0 Å². The standard InChI is InChI=1S/C24H20N4O/c1-16-21-10-11-27-23(21)9-8-22(16)28-24-18(14-26-15-19(24)13-25)7-6-17-4-3-5-20(12-17)29-2/h3-12,14-15,27H,1-2H3,(H,26,28)/b7-6+. The van der Waals surface area contributed by atoms with Gasteiger partial charge in [0, 0.05) is 40.7 Å². The number of rotatable bonds is 5. The van der Waals surface area contributed by atoms with Gasteiger partial charge in [0.1, 0.15) is 11.8 Å². The Kier molecular flexibility index (Phi) is 5.00. The Hall–Kier alpha value is -4.04. The van der Waals surface area contributed by atoms with Gasteiger partial charge in [-0.1, -0.05) is 24.3 Å². The number of H-pyrrole nitrogens is 1. The van der Waals surface area contributed by atoms with E-state index in [2.05, 4.69) is 34.3 Å². The quantitative estimate of drug-likeness (QED) is 0.468. The van der Waals surface area contributed by atoms with Crippen LogP contribution in [0.3, 0.4) is 0 Å². The summed E-state index contributed by atoms with van der Waals surface area (Å²) in [6.45, 7) is 2.07. The second-order valence-electron chi connectivity index (χ2n) is 6.68. The molecule has 2 aromatic carbocycles. The lowest BCUT2D eigenvalue weighted by Crippen LogP contribution is -1.99. The Bertz CT molecular complexity index is 1250. The molecule has 0 aliphatic rings. The number of pyridine rings is 1. The summed E-state index contributed by atoms with van der Waals surface area (Å²) in [5.74, 6) is 0.796. The van der Waals surface area contributed by atoms with Crippen LogP contribution >= 0.6 is 0 Å². The van der Waals surface area contributed by atoms with Gasteiger partial charge < -0.3 is 15.0 Å². The molecule has 29 heavy (non-hydrogen) atoms. The van der Waals surface area contributed by atoms with Gasteiger partial charge in [0.2, 0.25) is 0 Å². The molecule has 2 heterocycles. The number of nitrogens with one attached hydrogen (secondary N) is 2. The van der Waals surface area contributed by atoms with E-state index >= 15 is 0 Å². The van der Waals surface area contributed by atoms with E-state index in [1.54, 1.807) is 19.5 Å². The van der Waals surface area contributed by atoms with Gasteiger partial charge in [0.15, 0.2) is 0 Å². The second-order valence-corrected chi connectivity index (χ2v) is 6.68. The molecule has 0 fully saturated rings. The molecule has 4 rings (SSSR count). The topological polar surface area (TPSA) is 73.7 Å². The molecular weight excluding hydrogens is 360 g/mol. The van der Waals surface area contributed by atoms with E-state index in [4.69, 9.17) is 4.74 Å². The number of aromatic nitrogens is 2. The lowest BCUT2D eigenvalue weighted by atomic mass is 10.1. The van der Waals surface area contributed by atoms with E-state index in [9.17, 15) is 5.26 Å². The number of aromatic amines is 1. The second kappa shape index (κ2) is 7.91. The zero-order chi connectivity index (χ0) is 20.2. The highest BCUT2D eigenvalue weighted by atomic mass is 16.5. The molecule has 0 saturated carbocycles. The third kappa shape index (κ3) is 3.69. The first-order chi connectivity index (χ1) is 14.2. The Morgan fingerprint density at radius 2 is 2.03 bits per heavy atom. The van der Waals surface area contributed by atoms with Crippen molar-refractivity contribution < 1.29 is 4.74 Å². The van der Waals surface area contributed by atoms with Crippen LogP contribution in [0.15, 0.2) is 61.1 Å². The van der Waals surface area contributed by atoms with Crippen molar-refractivity contribution in [1.29, 1.82) is 5.26 Å². The van der Waals surface area contributed by atoms with Crippen molar-refractivity contribution in [1.82, 2.24) is 9.97 Å². The number of benzene rings is 2. The van der Waals surface area contributed by atoms with Gasteiger partial charge in [0.25, 0.3) is 0 Å². The van der Waals surface area contributed by atoms with Crippen LogP contribution in [0.1, 0.15) is 22.3 Å². The summed E-state index contributed by atoms with van der Waals surface area (Å²) in [4.78, 5) is 7.45. The molecular formula is C24H20N4O. The van der Waals surface area contributed by atoms with E-state index in [-0.39, 0.29) is 0 Å². The summed E-state index contributed by atoms with van der Waals surface area (Å²) in [7, 11) is 1.65. The predicted molar refractivity (Wildman–Crippen MR) is 117 cm³/mol. The fraction of sp³-hybridized carbons (Fsp3) is 0.0833. The molecule has 2 aromatic heterocycles. The van der Waals surface area contributed by atoms with Gasteiger partial charge in [-0.05, 0) is 48.4 Å². The minimum atomic E-state index is 0.492. The molecule has 0 unspecified atom stereocenters. The van der Waals surface area contributed by atoms with E-state index in [0.29, 0.717) is 5.56 Å². The Morgan fingerprint density at radius 3 is 2.86 bits per heavy atom. The number of fused-ring (bicyclic) bond motifs is 1. The first-order valence-electron chi connectivity index (χ1n) is 9.23. The molecule has 4 aromatic rings. The van der Waals surface area contributed by atoms with Gasteiger partial charge in [0.05, 0.1) is 18.4 Å². The largest absolute Gasteiger partial charge is 0.497 e. The van der Waals surface area contributed by atoms with E-state index in [0.717, 1.165) is 44.7 Å². The molecule has 2 N–H and O–H groups in total. The third-order valence-corrected chi connectivity index (χ3v) is 4.91. The Labute approximate surface area is 169 Å². The highest BCUT2D eigenvalue weighted by molar-refractivity contribution is 5.90. The van der Waals surface area contributed by atoms with Gasteiger partial charge in [-0.3, -0.25) is 4.98 Å². The molecule has 5 heteroatoms. The maximum atomic E-state index is 9.61. The van der Waals surface area contributed by atoms with Crippen LogP contribution in [0.5, 0.6) is 5.75 Å². The van der Waals surface area contributed by atoms with Crippen LogP contribution in [-0.4, -0.2) is 17.1 Å². The lowest BCUT2D eigenvalue weighted by molar-refractivity contribution is 0.414. The van der Waals surface area contributed by atoms with E-state index in [1.165, 1.54) is 0 Å². The van der Waals surface area contributed by atoms with Gasteiger partial charge >= 0.3 is 0 Å². The van der Waals surface area contributed by atoms with Crippen LogP contribution in [0, 0.1) is 18.3 Å². The van der Waals surface area contributed by atoms with Gasteiger partial charge in [-0.2, -0.15) is 5.26 Å². The third-order valence-electron chi connectivity index (χ3n) is 4.91. The van der Waals surface area contributed by atoms with Crippen LogP contribution in [0.2, 0.25) is 0 Å². The first-order valence-corrected chi connectivity index (χ1v) is 9.23. The molecule has 0 amide bonds. The number of nitriles is 1. The maximum absolute atomic E-state index is 9.61. The van der Waals surface area contributed by atoms with Crippen LogP contribution in [0.4, 0.5) is 11.4 Å². The van der Waals surface area contributed by atoms with Crippen LogP contribution < -0.4 is 10.1 Å². The zero-order valence-corrected chi connectivity index (χ0v) is 16.2. The summed E-state index contributed by atoms with van der Waals surface area (Å²) in [6, 6.07) is 16.1. The lowest BCUT2D eigenvalue weighted by Gasteiger charge is -2.14. The molecule has 0 radical (unpaired) electrons. The van der Waals surface area contributed by atoms with Crippen molar-refractivity contribution >= 4 is 34.4 Å². The van der Waals surface area contributed by atoms with Crippen molar-refractivity contribution in [3.05, 3.63) is 83.3 Å². The summed E-state index contributed by atoms with van der Waals surface area (Å²) >= 11 is 0. The fourth-order valence-corrected chi connectivity index (χ4v) is 3.31. The van der Waals surface area contributed by atoms with Crippen molar-refractivity contribution in [2.45, 2.75) is 6.92 Å². The Morgan fingerprint density at radius 1 is 1.14 bits per heavy atom. The minimum Gasteiger partial charge on any atom is -0.497 e. The van der Waals surface area contributed by atoms with Crippen molar-refractivity contribution in [3.63, 3.8) is 0 Å². The number of ether oxygens (including phenoxy) is 1. The molecule has 0 bridgehead atoms. The normalized spacial score (nSPS) is 10.9. The Balaban J connectivity index is 1.73. The SMILES string of the molecule is COc1cccc(/C=C/c2cncc(C#N)c2Nc2ccc3[nH]ccc3c2C)c1. The van der Waals surface area contributed by atoms with Crippen molar-refractivity contribution in [2.24, 2.45) is 0 Å². The highest BCUT2D eigenvalue weighted by Crippen LogP contribution is 2.31. The maximum Gasteiger partial charge on any atom is 0.119 e. The minimum absolute atomic E-state index is 0.492. The average Bonchev–Trinajstić information content (AvgIpc) is 3.24. The number of nitrogens with zero attached hydrogens (tertiary/aromatic N) is 2. The van der Waals surface area contributed by atoms with Crippen molar-refractivity contribution in [3.8, 4) is 11.8 Å². The summed E-state index contributed by atoms with van der Waals surface area (Å²) in [6.07, 6.45) is 9.19. The first kappa shape index (κ1) is 18.3. The van der Waals surface area contributed by atoms with Gasteiger partial charge in [-0.25, -0.2) is 0 Å². The molecule has 0 spiro atoms. The molecule has 0 aliphatic heterocycles. The highest BCUT2D eigenvalue weighted by Gasteiger charge is 2.11. The predicted octanol–water partition coefficient (Wildman–Crippen LogP) is 5.67. The molecule has 142 valence electrons. The van der Waals surface area contributed by atoms with E-state index in [1.807, 2.05) is 54.7 Å². The number of methoxy groups -OCH3 is 1. The smallest absolute Gasteiger partial charge is 0.119 e. The van der Waals surface area contributed by atoms with Crippen molar-refractivity contribution in [2.75, 3.05) is 12.4 Å². The number of hydrogen-bond acceptors (Lipinski definition) is 4. The molecule has 0 saturated heterocycles. The summed E-state index contributed by atoms with van der Waals surface area (Å²) in [5, 5.41) is 14.2. The van der Waals surface area contributed by atoms with E-state index < -0.39 is 0 Å². The van der Waals surface area contributed by atoms with Crippen LogP contribution in [-0.2, 0) is 0 Å². The number of aryl methyl sites for hydroxylation is 1. The summed E-state index contributed by atoms with van der Waals surface area (Å²) < 4.78 is 5.28. The zero-order valence-electron chi connectivity index (χ0n) is 16.2. The molecule has 0 aliphatic carbocycles.